The molecule has 0 spiro atoms. The van der Waals surface area contributed by atoms with Crippen LogP contribution in [0.2, 0.25) is 0 Å². The van der Waals surface area contributed by atoms with Gasteiger partial charge in [0.2, 0.25) is 5.91 Å². The number of benzene rings is 1. The second kappa shape index (κ2) is 10.1. The first-order valence-corrected chi connectivity index (χ1v) is 9.12. The van der Waals surface area contributed by atoms with Crippen molar-refractivity contribution < 1.29 is 19.4 Å². The fourth-order valence-electron chi connectivity index (χ4n) is 3.07. The Morgan fingerprint density at radius 2 is 1.85 bits per heavy atom. The number of methoxy groups -OCH3 is 1. The van der Waals surface area contributed by atoms with E-state index in [9.17, 15) is 9.59 Å². The van der Waals surface area contributed by atoms with E-state index in [0.717, 1.165) is 31.8 Å². The maximum Gasteiger partial charge on any atom is 0.320 e. The predicted octanol–water partition coefficient (Wildman–Crippen LogP) is 1.18. The van der Waals surface area contributed by atoms with Gasteiger partial charge in [-0.1, -0.05) is 25.5 Å². The van der Waals surface area contributed by atoms with E-state index in [1.165, 1.54) is 5.56 Å². The number of nitrogens with one attached hydrogen (secondary N) is 1. The van der Waals surface area contributed by atoms with Gasteiger partial charge in [-0.3, -0.25) is 19.8 Å². The number of hydrogen-bond acceptors (Lipinski definition) is 5. The van der Waals surface area contributed by atoms with Crippen molar-refractivity contribution in [1.29, 1.82) is 0 Å². The van der Waals surface area contributed by atoms with Crippen LogP contribution in [0.5, 0.6) is 5.75 Å². The average Bonchev–Trinajstić information content (AvgIpc) is 2.66. The lowest BCUT2D eigenvalue weighted by Gasteiger charge is -2.35. The summed E-state index contributed by atoms with van der Waals surface area (Å²) >= 11 is 0. The Morgan fingerprint density at radius 1 is 1.19 bits per heavy atom. The molecule has 0 aromatic heterocycles. The van der Waals surface area contributed by atoms with Crippen LogP contribution in [0.3, 0.4) is 0 Å². The monoisotopic (exact) mass is 363 g/mol. The summed E-state index contributed by atoms with van der Waals surface area (Å²) in [4.78, 5) is 27.6. The van der Waals surface area contributed by atoms with E-state index in [1.54, 1.807) is 7.11 Å². The second-order valence-electron chi connectivity index (χ2n) is 6.57. The van der Waals surface area contributed by atoms with Gasteiger partial charge in [0.1, 0.15) is 11.8 Å². The van der Waals surface area contributed by atoms with Crippen molar-refractivity contribution in [1.82, 2.24) is 15.1 Å². The number of aliphatic carboxylic acids is 1. The average molecular weight is 363 g/mol. The fraction of sp³-hybridized carbons (Fsp3) is 0.579. The molecule has 0 saturated carbocycles. The Bertz CT molecular complexity index is 583. The Hall–Kier alpha value is -2.12. The molecule has 1 unspecified atom stereocenters. The summed E-state index contributed by atoms with van der Waals surface area (Å²) < 4.78 is 5.17. The lowest BCUT2D eigenvalue weighted by atomic mass is 10.1. The molecule has 1 aliphatic rings. The van der Waals surface area contributed by atoms with Crippen LogP contribution in [-0.2, 0) is 16.1 Å². The molecule has 1 aromatic rings. The van der Waals surface area contributed by atoms with Crippen LogP contribution in [-0.4, -0.2) is 72.7 Å². The topological polar surface area (TPSA) is 82.1 Å². The van der Waals surface area contributed by atoms with Crippen molar-refractivity contribution in [3.8, 4) is 5.75 Å². The normalized spacial score (nSPS) is 16.3. The number of carbonyl (C=O) groups is 2. The minimum absolute atomic E-state index is 0.0311. The Balaban J connectivity index is 1.74. The molecule has 7 heteroatoms. The Labute approximate surface area is 154 Å². The number of rotatable bonds is 9. The molecule has 1 aromatic carbocycles. The standard InChI is InChI=1S/C19H29N3O4/c1-3-4-17(19(24)25)20-13-18(23)22-11-9-21(10-12-22)14-15-5-7-16(26-2)8-6-15/h5-8,17,20H,3-4,9-14H2,1-2H3,(H,24,25). The first kappa shape index (κ1) is 20.2. The van der Waals surface area contributed by atoms with E-state index in [2.05, 4.69) is 22.3 Å². The van der Waals surface area contributed by atoms with Crippen LogP contribution in [0.15, 0.2) is 24.3 Å². The number of amides is 1. The number of carboxylic acids is 1. The summed E-state index contributed by atoms with van der Waals surface area (Å²) in [5.74, 6) is -0.0835. The third-order valence-corrected chi connectivity index (χ3v) is 4.67. The fourth-order valence-corrected chi connectivity index (χ4v) is 3.07. The predicted molar refractivity (Wildman–Crippen MR) is 99.2 cm³/mol. The number of nitrogens with zero attached hydrogens (tertiary/aromatic N) is 2. The van der Waals surface area contributed by atoms with E-state index in [4.69, 9.17) is 9.84 Å². The lowest BCUT2D eigenvalue weighted by Crippen LogP contribution is -2.51. The first-order valence-electron chi connectivity index (χ1n) is 9.12. The van der Waals surface area contributed by atoms with Crippen molar-refractivity contribution in [2.45, 2.75) is 32.4 Å². The number of piperazine rings is 1. The summed E-state index contributed by atoms with van der Waals surface area (Å²) in [7, 11) is 1.65. The molecule has 0 radical (unpaired) electrons. The molecule has 0 bridgehead atoms. The van der Waals surface area contributed by atoms with Gasteiger partial charge in [-0.15, -0.1) is 0 Å². The van der Waals surface area contributed by atoms with Gasteiger partial charge in [0.25, 0.3) is 0 Å². The summed E-state index contributed by atoms with van der Waals surface area (Å²) in [6.45, 7) is 5.83. The molecular formula is C19H29N3O4. The minimum atomic E-state index is -0.899. The summed E-state index contributed by atoms with van der Waals surface area (Å²) in [5, 5.41) is 12.0. The van der Waals surface area contributed by atoms with Gasteiger partial charge in [-0.05, 0) is 24.1 Å². The molecule has 1 heterocycles. The van der Waals surface area contributed by atoms with Gasteiger partial charge in [-0.2, -0.15) is 0 Å². The molecule has 0 aliphatic carbocycles. The van der Waals surface area contributed by atoms with Gasteiger partial charge in [-0.25, -0.2) is 0 Å². The van der Waals surface area contributed by atoms with E-state index >= 15 is 0 Å². The van der Waals surface area contributed by atoms with Crippen molar-refractivity contribution in [3.05, 3.63) is 29.8 Å². The molecular weight excluding hydrogens is 334 g/mol. The number of hydrogen-bond donors (Lipinski definition) is 2. The van der Waals surface area contributed by atoms with Gasteiger partial charge in [0.15, 0.2) is 0 Å². The molecule has 2 N–H and O–H groups in total. The second-order valence-corrected chi connectivity index (χ2v) is 6.57. The molecule has 2 rings (SSSR count). The maximum absolute atomic E-state index is 12.3. The quantitative estimate of drug-likeness (QED) is 0.686. The number of carbonyl (C=O) groups excluding carboxylic acids is 1. The molecule has 1 atom stereocenters. The van der Waals surface area contributed by atoms with Crippen LogP contribution in [0, 0.1) is 0 Å². The smallest absolute Gasteiger partial charge is 0.320 e. The van der Waals surface area contributed by atoms with E-state index in [0.29, 0.717) is 19.5 Å². The zero-order valence-corrected chi connectivity index (χ0v) is 15.6. The first-order chi connectivity index (χ1) is 12.5. The van der Waals surface area contributed by atoms with Crippen LogP contribution in [0.4, 0.5) is 0 Å². The maximum atomic E-state index is 12.3. The largest absolute Gasteiger partial charge is 0.497 e. The molecule has 1 saturated heterocycles. The van der Waals surface area contributed by atoms with Crippen LogP contribution in [0.25, 0.3) is 0 Å². The van der Waals surface area contributed by atoms with Gasteiger partial charge in [0.05, 0.1) is 13.7 Å². The van der Waals surface area contributed by atoms with Crippen LogP contribution >= 0.6 is 0 Å². The van der Waals surface area contributed by atoms with Crippen molar-refractivity contribution in [2.24, 2.45) is 0 Å². The highest BCUT2D eigenvalue weighted by Gasteiger charge is 2.23. The molecule has 1 fully saturated rings. The van der Waals surface area contributed by atoms with Gasteiger partial charge in [0, 0.05) is 32.7 Å². The van der Waals surface area contributed by atoms with Crippen molar-refractivity contribution in [2.75, 3.05) is 39.8 Å². The third-order valence-electron chi connectivity index (χ3n) is 4.67. The third kappa shape index (κ3) is 6.00. The van der Waals surface area contributed by atoms with E-state index in [-0.39, 0.29) is 12.5 Å². The summed E-state index contributed by atoms with van der Waals surface area (Å²) in [6.07, 6.45) is 1.29. The van der Waals surface area contributed by atoms with E-state index in [1.807, 2.05) is 24.0 Å². The summed E-state index contributed by atoms with van der Waals surface area (Å²) in [5.41, 5.74) is 1.22. The van der Waals surface area contributed by atoms with Crippen LogP contribution < -0.4 is 10.1 Å². The zero-order valence-electron chi connectivity index (χ0n) is 15.6. The lowest BCUT2D eigenvalue weighted by molar-refractivity contribution is -0.140. The highest BCUT2D eigenvalue weighted by molar-refractivity contribution is 5.80. The number of ether oxygens (including phenoxy) is 1. The highest BCUT2D eigenvalue weighted by atomic mass is 16.5. The zero-order chi connectivity index (χ0) is 18.9. The molecule has 1 amide bonds. The Morgan fingerprint density at radius 3 is 2.38 bits per heavy atom. The summed E-state index contributed by atoms with van der Waals surface area (Å²) in [6, 6.07) is 7.37. The van der Waals surface area contributed by atoms with Crippen molar-refractivity contribution >= 4 is 11.9 Å². The molecule has 7 nitrogen and oxygen atoms in total. The SMILES string of the molecule is CCCC(NCC(=O)N1CCN(Cc2ccc(OC)cc2)CC1)C(=O)O. The van der Waals surface area contributed by atoms with E-state index < -0.39 is 12.0 Å². The van der Waals surface area contributed by atoms with Gasteiger partial charge >= 0.3 is 5.97 Å². The minimum Gasteiger partial charge on any atom is -0.497 e. The van der Waals surface area contributed by atoms with Gasteiger partial charge < -0.3 is 14.7 Å². The van der Waals surface area contributed by atoms with Crippen LogP contribution in [0.1, 0.15) is 25.3 Å². The molecule has 1 aliphatic heterocycles. The Kier molecular flexibility index (Phi) is 7.87. The highest BCUT2D eigenvalue weighted by Crippen LogP contribution is 2.14. The number of carboxylic acid groups (broad SMARTS) is 1. The van der Waals surface area contributed by atoms with Crippen molar-refractivity contribution in [3.63, 3.8) is 0 Å². The molecule has 26 heavy (non-hydrogen) atoms. The molecule has 144 valence electrons.